The lowest BCUT2D eigenvalue weighted by molar-refractivity contribution is 0.0246. The first-order valence-corrected chi connectivity index (χ1v) is 7.13. The monoisotopic (exact) mass is 225 g/mol. The van der Waals surface area contributed by atoms with Crippen LogP contribution in [-0.4, -0.2) is 23.8 Å². The lowest BCUT2D eigenvalue weighted by Gasteiger charge is -2.27. The maximum absolute atomic E-state index is 10.5. The number of rotatable bonds is 5. The van der Waals surface area contributed by atoms with Gasteiger partial charge in [0.05, 0.1) is 5.60 Å². The molecule has 2 N–H and O–H groups in total. The molecule has 0 amide bonds. The van der Waals surface area contributed by atoms with Crippen LogP contribution in [0.5, 0.6) is 0 Å². The fraction of sp³-hybridized carbons (Fsp3) is 1.00. The van der Waals surface area contributed by atoms with Crippen LogP contribution in [0, 0.1) is 11.8 Å². The standard InChI is InChI=1S/C14H27NO/c1-12(13-6-7-13)10-15-11-14(16)8-4-2-3-5-9-14/h12-13,15-16H,2-11H2,1H3. The largest absolute Gasteiger partial charge is 0.389 e. The van der Waals surface area contributed by atoms with Gasteiger partial charge in [0.15, 0.2) is 0 Å². The van der Waals surface area contributed by atoms with E-state index in [1.54, 1.807) is 0 Å². The average Bonchev–Trinajstić information content (AvgIpc) is 3.04. The van der Waals surface area contributed by atoms with E-state index in [1.807, 2.05) is 0 Å². The fourth-order valence-electron chi connectivity index (χ4n) is 2.93. The highest BCUT2D eigenvalue weighted by Gasteiger charge is 2.30. The summed E-state index contributed by atoms with van der Waals surface area (Å²) in [6.45, 7) is 4.23. The topological polar surface area (TPSA) is 32.3 Å². The number of hydrogen-bond acceptors (Lipinski definition) is 2. The van der Waals surface area contributed by atoms with Gasteiger partial charge in [-0.2, -0.15) is 0 Å². The summed E-state index contributed by atoms with van der Waals surface area (Å²) in [6.07, 6.45) is 9.87. The van der Waals surface area contributed by atoms with Crippen molar-refractivity contribution in [3.05, 3.63) is 0 Å². The number of hydrogen-bond donors (Lipinski definition) is 2. The van der Waals surface area contributed by atoms with Crippen molar-refractivity contribution in [3.63, 3.8) is 0 Å². The van der Waals surface area contributed by atoms with Crippen LogP contribution >= 0.6 is 0 Å². The number of nitrogens with one attached hydrogen (secondary N) is 1. The molecule has 2 aliphatic rings. The van der Waals surface area contributed by atoms with Gasteiger partial charge in [-0.05, 0) is 44.1 Å². The van der Waals surface area contributed by atoms with Gasteiger partial charge in [-0.15, -0.1) is 0 Å². The summed E-state index contributed by atoms with van der Waals surface area (Å²) in [5.41, 5.74) is -0.403. The highest BCUT2D eigenvalue weighted by molar-refractivity contribution is 4.85. The van der Waals surface area contributed by atoms with Crippen LogP contribution in [0.25, 0.3) is 0 Å². The van der Waals surface area contributed by atoms with Gasteiger partial charge < -0.3 is 10.4 Å². The van der Waals surface area contributed by atoms with E-state index < -0.39 is 5.60 Å². The molecule has 0 radical (unpaired) electrons. The molecule has 1 unspecified atom stereocenters. The molecule has 0 aromatic carbocycles. The Hall–Kier alpha value is -0.0800. The molecule has 2 nitrogen and oxygen atoms in total. The Labute approximate surface area is 99.8 Å². The molecular formula is C14H27NO. The minimum atomic E-state index is -0.403. The molecule has 0 aliphatic heterocycles. The van der Waals surface area contributed by atoms with Gasteiger partial charge in [-0.25, -0.2) is 0 Å². The lowest BCUT2D eigenvalue weighted by atomic mass is 9.94. The predicted octanol–water partition coefficient (Wildman–Crippen LogP) is 2.71. The van der Waals surface area contributed by atoms with Crippen LogP contribution in [0.3, 0.4) is 0 Å². The van der Waals surface area contributed by atoms with Crippen molar-refractivity contribution in [3.8, 4) is 0 Å². The second-order valence-electron chi connectivity index (χ2n) is 6.08. The molecule has 0 spiro atoms. The smallest absolute Gasteiger partial charge is 0.0771 e. The summed E-state index contributed by atoms with van der Waals surface area (Å²) in [6, 6.07) is 0. The molecule has 94 valence electrons. The van der Waals surface area contributed by atoms with Crippen molar-refractivity contribution in [2.24, 2.45) is 11.8 Å². The van der Waals surface area contributed by atoms with Crippen LogP contribution < -0.4 is 5.32 Å². The van der Waals surface area contributed by atoms with E-state index in [0.717, 1.165) is 37.8 Å². The maximum Gasteiger partial charge on any atom is 0.0771 e. The first-order valence-electron chi connectivity index (χ1n) is 7.13. The maximum atomic E-state index is 10.5. The molecule has 0 bridgehead atoms. The molecule has 2 fully saturated rings. The van der Waals surface area contributed by atoms with E-state index in [4.69, 9.17) is 0 Å². The van der Waals surface area contributed by atoms with E-state index in [9.17, 15) is 5.11 Å². The summed E-state index contributed by atoms with van der Waals surface area (Å²) >= 11 is 0. The third-order valence-corrected chi connectivity index (χ3v) is 4.38. The molecule has 0 aromatic heterocycles. The first kappa shape index (κ1) is 12.4. The summed E-state index contributed by atoms with van der Waals surface area (Å²) in [7, 11) is 0. The average molecular weight is 225 g/mol. The molecule has 2 rings (SSSR count). The molecule has 0 saturated heterocycles. The van der Waals surface area contributed by atoms with E-state index in [0.29, 0.717) is 0 Å². The Bertz CT molecular complexity index is 205. The van der Waals surface area contributed by atoms with Gasteiger partial charge in [0, 0.05) is 6.54 Å². The Morgan fingerprint density at radius 3 is 2.38 bits per heavy atom. The van der Waals surface area contributed by atoms with Crippen LogP contribution in [0.15, 0.2) is 0 Å². The minimum absolute atomic E-state index is 0.403. The van der Waals surface area contributed by atoms with Crippen molar-refractivity contribution in [2.45, 2.75) is 63.9 Å². The van der Waals surface area contributed by atoms with E-state index >= 15 is 0 Å². The van der Waals surface area contributed by atoms with Gasteiger partial charge in [0.25, 0.3) is 0 Å². The Morgan fingerprint density at radius 2 is 1.81 bits per heavy atom. The molecule has 16 heavy (non-hydrogen) atoms. The van der Waals surface area contributed by atoms with Crippen molar-refractivity contribution in [1.82, 2.24) is 5.32 Å². The Balaban J connectivity index is 1.66. The Kier molecular flexibility index (Phi) is 4.26. The summed E-state index contributed by atoms with van der Waals surface area (Å²) < 4.78 is 0. The van der Waals surface area contributed by atoms with Gasteiger partial charge in [0.1, 0.15) is 0 Å². The van der Waals surface area contributed by atoms with Crippen LogP contribution in [0.4, 0.5) is 0 Å². The molecule has 0 heterocycles. The van der Waals surface area contributed by atoms with Crippen molar-refractivity contribution in [2.75, 3.05) is 13.1 Å². The molecule has 2 heteroatoms. The SMILES string of the molecule is CC(CNCC1(O)CCCCCC1)C1CC1. The molecule has 1 atom stereocenters. The van der Waals surface area contributed by atoms with Crippen molar-refractivity contribution < 1.29 is 5.11 Å². The lowest BCUT2D eigenvalue weighted by Crippen LogP contribution is -2.41. The van der Waals surface area contributed by atoms with Gasteiger partial charge in [0.2, 0.25) is 0 Å². The molecular weight excluding hydrogens is 198 g/mol. The molecule has 0 aromatic rings. The van der Waals surface area contributed by atoms with Crippen LogP contribution in [0.2, 0.25) is 0 Å². The van der Waals surface area contributed by atoms with E-state index in [1.165, 1.54) is 38.5 Å². The summed E-state index contributed by atoms with van der Waals surface area (Å²) in [5, 5.41) is 14.0. The van der Waals surface area contributed by atoms with Gasteiger partial charge >= 0.3 is 0 Å². The molecule has 2 saturated carbocycles. The zero-order chi connectivity index (χ0) is 11.4. The zero-order valence-corrected chi connectivity index (χ0v) is 10.7. The molecule has 2 aliphatic carbocycles. The summed E-state index contributed by atoms with van der Waals surface area (Å²) in [4.78, 5) is 0. The van der Waals surface area contributed by atoms with Crippen molar-refractivity contribution >= 4 is 0 Å². The highest BCUT2D eigenvalue weighted by atomic mass is 16.3. The number of aliphatic hydroxyl groups is 1. The second-order valence-corrected chi connectivity index (χ2v) is 6.08. The highest BCUT2D eigenvalue weighted by Crippen LogP contribution is 2.36. The van der Waals surface area contributed by atoms with Gasteiger partial charge in [-0.3, -0.25) is 0 Å². The first-order chi connectivity index (χ1) is 7.70. The third kappa shape index (κ3) is 3.74. The predicted molar refractivity (Wildman–Crippen MR) is 67.4 cm³/mol. The zero-order valence-electron chi connectivity index (χ0n) is 10.7. The van der Waals surface area contributed by atoms with Crippen LogP contribution in [0.1, 0.15) is 58.3 Å². The van der Waals surface area contributed by atoms with Gasteiger partial charge in [-0.1, -0.05) is 32.6 Å². The normalized spacial score (nSPS) is 27.4. The van der Waals surface area contributed by atoms with Crippen LogP contribution in [-0.2, 0) is 0 Å². The minimum Gasteiger partial charge on any atom is -0.389 e. The fourth-order valence-corrected chi connectivity index (χ4v) is 2.93. The van der Waals surface area contributed by atoms with E-state index in [2.05, 4.69) is 12.2 Å². The second kappa shape index (κ2) is 5.50. The van der Waals surface area contributed by atoms with Crippen molar-refractivity contribution in [1.29, 1.82) is 0 Å². The van der Waals surface area contributed by atoms with E-state index in [-0.39, 0.29) is 0 Å². The Morgan fingerprint density at radius 1 is 1.19 bits per heavy atom. The summed E-state index contributed by atoms with van der Waals surface area (Å²) in [5.74, 6) is 1.77. The third-order valence-electron chi connectivity index (χ3n) is 4.38. The quantitative estimate of drug-likeness (QED) is 0.705.